The number of anilines is 1. The average Bonchev–Trinajstić information content (AvgIpc) is 2.45. The SMILES string of the molecule is CC(=O)Nc1ccc(CCC(=O)NCCC(=O)SS)cc1. The van der Waals surface area contributed by atoms with E-state index < -0.39 is 0 Å². The van der Waals surface area contributed by atoms with Crippen LogP contribution >= 0.6 is 22.5 Å². The second-order valence-corrected chi connectivity index (χ2v) is 5.63. The summed E-state index contributed by atoms with van der Waals surface area (Å²) in [7, 11) is 0.866. The molecule has 0 aliphatic rings. The number of carbonyl (C=O) groups is 3. The molecule has 114 valence electrons. The van der Waals surface area contributed by atoms with E-state index in [0.717, 1.165) is 22.0 Å². The fourth-order valence-corrected chi connectivity index (χ4v) is 2.12. The van der Waals surface area contributed by atoms with Crippen molar-refractivity contribution in [1.82, 2.24) is 5.32 Å². The largest absolute Gasteiger partial charge is 0.356 e. The number of rotatable bonds is 7. The van der Waals surface area contributed by atoms with Gasteiger partial charge >= 0.3 is 0 Å². The summed E-state index contributed by atoms with van der Waals surface area (Å²) in [6.45, 7) is 1.79. The first-order valence-corrected chi connectivity index (χ1v) is 8.35. The number of thiol groups is 1. The van der Waals surface area contributed by atoms with E-state index in [1.807, 2.05) is 12.1 Å². The third kappa shape index (κ3) is 7.77. The van der Waals surface area contributed by atoms with Gasteiger partial charge in [-0.2, -0.15) is 0 Å². The molecule has 1 aromatic carbocycles. The summed E-state index contributed by atoms with van der Waals surface area (Å²) < 4.78 is 0. The Labute approximate surface area is 133 Å². The van der Waals surface area contributed by atoms with Gasteiger partial charge in [-0.3, -0.25) is 14.4 Å². The van der Waals surface area contributed by atoms with Gasteiger partial charge in [0, 0.05) is 32.0 Å². The van der Waals surface area contributed by atoms with E-state index in [2.05, 4.69) is 22.3 Å². The van der Waals surface area contributed by atoms with Crippen molar-refractivity contribution in [2.75, 3.05) is 11.9 Å². The summed E-state index contributed by atoms with van der Waals surface area (Å²) in [4.78, 5) is 33.5. The highest BCUT2D eigenvalue weighted by atomic mass is 33.1. The number of hydrogen-bond donors (Lipinski definition) is 3. The molecule has 0 aliphatic carbocycles. The van der Waals surface area contributed by atoms with E-state index >= 15 is 0 Å². The lowest BCUT2D eigenvalue weighted by Gasteiger charge is -2.06. The second kappa shape index (κ2) is 9.46. The van der Waals surface area contributed by atoms with Crippen molar-refractivity contribution in [1.29, 1.82) is 0 Å². The predicted octanol–water partition coefficient (Wildman–Crippen LogP) is 2.19. The molecule has 0 saturated carbocycles. The maximum Gasteiger partial charge on any atom is 0.221 e. The Morgan fingerprint density at radius 3 is 2.38 bits per heavy atom. The van der Waals surface area contributed by atoms with E-state index in [1.54, 1.807) is 12.1 Å². The predicted molar refractivity (Wildman–Crippen MR) is 88.3 cm³/mol. The van der Waals surface area contributed by atoms with Crippen LogP contribution in [0, 0.1) is 0 Å². The summed E-state index contributed by atoms with van der Waals surface area (Å²) >= 11 is 3.79. The summed E-state index contributed by atoms with van der Waals surface area (Å²) in [5, 5.41) is 5.31. The van der Waals surface area contributed by atoms with Gasteiger partial charge in [-0.15, -0.1) is 11.7 Å². The van der Waals surface area contributed by atoms with Crippen molar-refractivity contribution in [3.05, 3.63) is 29.8 Å². The monoisotopic (exact) mass is 326 g/mol. The summed E-state index contributed by atoms with van der Waals surface area (Å²) in [6, 6.07) is 7.35. The van der Waals surface area contributed by atoms with Gasteiger partial charge in [-0.05, 0) is 34.9 Å². The Morgan fingerprint density at radius 1 is 1.14 bits per heavy atom. The molecular weight excluding hydrogens is 308 g/mol. The van der Waals surface area contributed by atoms with Gasteiger partial charge in [0.1, 0.15) is 0 Å². The maximum atomic E-state index is 11.6. The summed E-state index contributed by atoms with van der Waals surface area (Å²) in [5.41, 5.74) is 1.75. The standard InChI is InChI=1S/C14H18N2O3S2/c1-10(17)16-12-5-2-11(3-6-12)4-7-13(18)15-9-8-14(19)21-20/h2-3,5-6,20H,4,7-9H2,1H3,(H,15,18)(H,16,17). The molecule has 1 aromatic rings. The van der Waals surface area contributed by atoms with Gasteiger partial charge in [0.15, 0.2) is 0 Å². The lowest BCUT2D eigenvalue weighted by atomic mass is 10.1. The zero-order chi connectivity index (χ0) is 15.7. The van der Waals surface area contributed by atoms with Crippen LogP contribution in [0.3, 0.4) is 0 Å². The minimum absolute atomic E-state index is 0.0628. The highest BCUT2D eigenvalue weighted by molar-refractivity contribution is 8.74. The van der Waals surface area contributed by atoms with Crippen LogP contribution in [0.1, 0.15) is 25.3 Å². The molecule has 0 spiro atoms. The van der Waals surface area contributed by atoms with Crippen molar-refractivity contribution in [3.63, 3.8) is 0 Å². The van der Waals surface area contributed by atoms with Crippen LogP contribution in [0.2, 0.25) is 0 Å². The highest BCUT2D eigenvalue weighted by Gasteiger charge is 2.04. The van der Waals surface area contributed by atoms with Crippen LogP contribution < -0.4 is 10.6 Å². The Morgan fingerprint density at radius 2 is 1.81 bits per heavy atom. The minimum atomic E-state index is -0.115. The van der Waals surface area contributed by atoms with Gasteiger partial charge in [0.25, 0.3) is 0 Å². The number of amides is 2. The molecule has 5 nitrogen and oxygen atoms in total. The minimum Gasteiger partial charge on any atom is -0.356 e. The molecule has 0 aromatic heterocycles. The molecule has 0 heterocycles. The molecule has 0 unspecified atom stereocenters. The normalized spacial score (nSPS) is 10.0. The molecule has 7 heteroatoms. The third-order valence-corrected chi connectivity index (χ3v) is 3.69. The highest BCUT2D eigenvalue weighted by Crippen LogP contribution is 2.11. The fraction of sp³-hybridized carbons (Fsp3) is 0.357. The third-order valence-electron chi connectivity index (χ3n) is 2.67. The number of benzene rings is 1. The molecule has 0 saturated heterocycles. The lowest BCUT2D eigenvalue weighted by molar-refractivity contribution is -0.121. The van der Waals surface area contributed by atoms with Crippen LogP contribution in [0.4, 0.5) is 5.69 Å². The molecule has 0 aliphatic heterocycles. The van der Waals surface area contributed by atoms with E-state index in [0.29, 0.717) is 19.4 Å². The van der Waals surface area contributed by atoms with E-state index in [1.165, 1.54) is 6.92 Å². The molecule has 0 bridgehead atoms. The Balaban J connectivity index is 2.29. The van der Waals surface area contributed by atoms with E-state index in [9.17, 15) is 14.4 Å². The van der Waals surface area contributed by atoms with Crippen molar-refractivity contribution in [3.8, 4) is 0 Å². The number of nitrogens with one attached hydrogen (secondary N) is 2. The van der Waals surface area contributed by atoms with Crippen molar-refractivity contribution < 1.29 is 14.4 Å². The van der Waals surface area contributed by atoms with E-state index in [4.69, 9.17) is 0 Å². The first-order valence-electron chi connectivity index (χ1n) is 6.48. The van der Waals surface area contributed by atoms with Crippen molar-refractivity contribution in [2.45, 2.75) is 26.2 Å². The quantitative estimate of drug-likeness (QED) is 0.530. The summed E-state index contributed by atoms with van der Waals surface area (Å²) in [5.74, 6) is -0.200. The van der Waals surface area contributed by atoms with Crippen LogP contribution in [-0.4, -0.2) is 23.5 Å². The van der Waals surface area contributed by atoms with Gasteiger partial charge < -0.3 is 10.6 Å². The number of aryl methyl sites for hydroxylation is 1. The zero-order valence-corrected chi connectivity index (χ0v) is 13.4. The van der Waals surface area contributed by atoms with Gasteiger partial charge in [-0.1, -0.05) is 12.1 Å². The van der Waals surface area contributed by atoms with Gasteiger partial charge in [0.05, 0.1) is 0 Å². The van der Waals surface area contributed by atoms with Crippen LogP contribution in [0.5, 0.6) is 0 Å². The van der Waals surface area contributed by atoms with Gasteiger partial charge in [-0.25, -0.2) is 0 Å². The first kappa shape index (κ1) is 17.6. The first-order chi connectivity index (χ1) is 10.0. The van der Waals surface area contributed by atoms with Gasteiger partial charge in [0.2, 0.25) is 16.9 Å². The summed E-state index contributed by atoms with van der Waals surface area (Å²) in [6.07, 6.45) is 1.26. The maximum absolute atomic E-state index is 11.6. The lowest BCUT2D eigenvalue weighted by Crippen LogP contribution is -2.25. The smallest absolute Gasteiger partial charge is 0.221 e. The molecule has 1 rings (SSSR count). The topological polar surface area (TPSA) is 75.3 Å². The molecular formula is C14H18N2O3S2. The molecule has 2 N–H and O–H groups in total. The van der Waals surface area contributed by atoms with Crippen LogP contribution in [-0.2, 0) is 20.8 Å². The Bertz CT molecular complexity index is 503. The molecule has 0 radical (unpaired) electrons. The number of carbonyl (C=O) groups excluding carboxylic acids is 3. The Hall–Kier alpha value is -1.47. The molecule has 2 amide bonds. The van der Waals surface area contributed by atoms with Crippen LogP contribution in [0.15, 0.2) is 24.3 Å². The van der Waals surface area contributed by atoms with Crippen LogP contribution in [0.25, 0.3) is 0 Å². The molecule has 0 atom stereocenters. The fourth-order valence-electron chi connectivity index (χ4n) is 1.65. The number of hydrogen-bond acceptors (Lipinski definition) is 5. The zero-order valence-electron chi connectivity index (χ0n) is 11.7. The average molecular weight is 326 g/mol. The second-order valence-electron chi connectivity index (χ2n) is 4.44. The van der Waals surface area contributed by atoms with E-state index in [-0.39, 0.29) is 23.4 Å². The Kier molecular flexibility index (Phi) is 7.92. The molecule has 0 fully saturated rings. The van der Waals surface area contributed by atoms with Crippen molar-refractivity contribution in [2.24, 2.45) is 0 Å². The molecule has 21 heavy (non-hydrogen) atoms. The van der Waals surface area contributed by atoms with Crippen molar-refractivity contribution >= 4 is 45.1 Å².